The molecule has 0 N–H and O–H groups in total. The fraction of sp³-hybridized carbons (Fsp3) is 0.353. The predicted molar refractivity (Wildman–Crippen MR) is 82.7 cm³/mol. The SMILES string of the molecule is CCOc1ncccc1C(=O)N1CCC[C@@H]1c1ccccn1. The number of likely N-dealkylation sites (tertiary alicyclic amines) is 1. The largest absolute Gasteiger partial charge is 0.477 e. The molecular formula is C17H19N3O2. The highest BCUT2D eigenvalue weighted by Gasteiger charge is 2.32. The van der Waals surface area contributed by atoms with Crippen molar-refractivity contribution in [2.75, 3.05) is 13.2 Å². The minimum absolute atomic E-state index is 0.0309. The van der Waals surface area contributed by atoms with Crippen LogP contribution in [0, 0.1) is 0 Å². The van der Waals surface area contributed by atoms with Gasteiger partial charge in [0.25, 0.3) is 5.91 Å². The fourth-order valence-electron chi connectivity index (χ4n) is 2.85. The van der Waals surface area contributed by atoms with Crippen LogP contribution in [0.25, 0.3) is 0 Å². The summed E-state index contributed by atoms with van der Waals surface area (Å²) in [6, 6.07) is 9.39. The van der Waals surface area contributed by atoms with Crippen LogP contribution in [-0.4, -0.2) is 33.9 Å². The van der Waals surface area contributed by atoms with Crippen molar-refractivity contribution in [1.82, 2.24) is 14.9 Å². The second-order valence-electron chi connectivity index (χ2n) is 5.20. The number of ether oxygens (including phenoxy) is 1. The van der Waals surface area contributed by atoms with Crippen LogP contribution in [-0.2, 0) is 0 Å². The first-order valence-electron chi connectivity index (χ1n) is 7.61. The van der Waals surface area contributed by atoms with Crippen molar-refractivity contribution in [3.8, 4) is 5.88 Å². The lowest BCUT2D eigenvalue weighted by atomic mass is 10.1. The van der Waals surface area contributed by atoms with Gasteiger partial charge in [-0.2, -0.15) is 0 Å². The number of pyridine rings is 2. The van der Waals surface area contributed by atoms with Crippen molar-refractivity contribution in [3.63, 3.8) is 0 Å². The van der Waals surface area contributed by atoms with Crippen LogP contribution >= 0.6 is 0 Å². The molecule has 0 bridgehead atoms. The van der Waals surface area contributed by atoms with Gasteiger partial charge in [-0.3, -0.25) is 9.78 Å². The van der Waals surface area contributed by atoms with E-state index in [0.29, 0.717) is 18.1 Å². The van der Waals surface area contributed by atoms with E-state index >= 15 is 0 Å². The maximum atomic E-state index is 12.9. The summed E-state index contributed by atoms with van der Waals surface area (Å²) >= 11 is 0. The molecule has 0 radical (unpaired) electrons. The summed E-state index contributed by atoms with van der Waals surface area (Å²) in [4.78, 5) is 23.4. The molecule has 2 aromatic heterocycles. The summed E-state index contributed by atoms with van der Waals surface area (Å²) in [5.74, 6) is 0.367. The Balaban J connectivity index is 1.88. The molecule has 0 spiro atoms. The molecule has 0 aromatic carbocycles. The highest BCUT2D eigenvalue weighted by atomic mass is 16.5. The Morgan fingerprint density at radius 1 is 1.27 bits per heavy atom. The summed E-state index contributed by atoms with van der Waals surface area (Å²) in [7, 11) is 0. The molecule has 1 aliphatic heterocycles. The summed E-state index contributed by atoms with van der Waals surface area (Å²) < 4.78 is 5.48. The molecule has 1 saturated heterocycles. The maximum Gasteiger partial charge on any atom is 0.259 e. The van der Waals surface area contributed by atoms with E-state index in [1.807, 2.05) is 30.0 Å². The van der Waals surface area contributed by atoms with Gasteiger partial charge in [0, 0.05) is 18.9 Å². The van der Waals surface area contributed by atoms with Gasteiger partial charge in [-0.1, -0.05) is 6.07 Å². The molecule has 3 heterocycles. The minimum atomic E-state index is -0.0373. The van der Waals surface area contributed by atoms with Gasteiger partial charge >= 0.3 is 0 Å². The Hall–Kier alpha value is -2.43. The summed E-state index contributed by atoms with van der Waals surface area (Å²) in [6.07, 6.45) is 5.33. The van der Waals surface area contributed by atoms with Crippen LogP contribution in [0.15, 0.2) is 42.7 Å². The quantitative estimate of drug-likeness (QED) is 0.870. The predicted octanol–water partition coefficient (Wildman–Crippen LogP) is 2.85. The van der Waals surface area contributed by atoms with Gasteiger partial charge in [0.2, 0.25) is 5.88 Å². The molecule has 5 nitrogen and oxygen atoms in total. The zero-order valence-corrected chi connectivity index (χ0v) is 12.6. The van der Waals surface area contributed by atoms with Gasteiger partial charge in [-0.15, -0.1) is 0 Å². The highest BCUT2D eigenvalue weighted by Crippen LogP contribution is 2.33. The average molecular weight is 297 g/mol. The van der Waals surface area contributed by atoms with Crippen molar-refractivity contribution in [2.24, 2.45) is 0 Å². The lowest BCUT2D eigenvalue weighted by Gasteiger charge is -2.24. The monoisotopic (exact) mass is 297 g/mol. The van der Waals surface area contributed by atoms with Gasteiger partial charge in [0.1, 0.15) is 5.56 Å². The molecule has 1 amide bonds. The topological polar surface area (TPSA) is 55.3 Å². The molecule has 0 unspecified atom stereocenters. The molecular weight excluding hydrogens is 278 g/mol. The van der Waals surface area contributed by atoms with Gasteiger partial charge in [0.15, 0.2) is 0 Å². The summed E-state index contributed by atoms with van der Waals surface area (Å²) in [6.45, 7) is 3.11. The first-order valence-corrected chi connectivity index (χ1v) is 7.61. The van der Waals surface area contributed by atoms with Crippen LogP contribution in [0.5, 0.6) is 5.88 Å². The molecule has 0 aliphatic carbocycles. The van der Waals surface area contributed by atoms with Crippen molar-refractivity contribution in [2.45, 2.75) is 25.8 Å². The maximum absolute atomic E-state index is 12.9. The Bertz CT molecular complexity index is 645. The van der Waals surface area contributed by atoms with E-state index in [-0.39, 0.29) is 11.9 Å². The van der Waals surface area contributed by atoms with Crippen LogP contribution in [0.4, 0.5) is 0 Å². The molecule has 2 aromatic rings. The number of aromatic nitrogens is 2. The molecule has 0 saturated carbocycles. The third-order valence-electron chi connectivity index (χ3n) is 3.83. The van der Waals surface area contributed by atoms with E-state index < -0.39 is 0 Å². The van der Waals surface area contributed by atoms with Gasteiger partial charge < -0.3 is 9.64 Å². The Kier molecular flexibility index (Phi) is 4.32. The minimum Gasteiger partial charge on any atom is -0.477 e. The van der Waals surface area contributed by atoms with E-state index in [2.05, 4.69) is 9.97 Å². The standard InChI is InChI=1S/C17H19N3O2/c1-2-22-16-13(7-5-11-19-16)17(21)20-12-6-9-15(20)14-8-3-4-10-18-14/h3-5,7-8,10-11,15H,2,6,9,12H2,1H3/t15-/m1/s1. The van der Waals surface area contributed by atoms with Gasteiger partial charge in [-0.25, -0.2) is 4.98 Å². The van der Waals surface area contributed by atoms with Crippen molar-refractivity contribution in [3.05, 3.63) is 54.0 Å². The Morgan fingerprint density at radius 3 is 2.91 bits per heavy atom. The molecule has 1 fully saturated rings. The second-order valence-corrected chi connectivity index (χ2v) is 5.20. The average Bonchev–Trinajstić information content (AvgIpc) is 3.05. The van der Waals surface area contributed by atoms with Crippen LogP contribution in [0.3, 0.4) is 0 Å². The summed E-state index contributed by atoms with van der Waals surface area (Å²) in [5.41, 5.74) is 1.46. The normalized spacial score (nSPS) is 17.5. The molecule has 114 valence electrons. The van der Waals surface area contributed by atoms with Crippen molar-refractivity contribution >= 4 is 5.91 Å². The van der Waals surface area contributed by atoms with Gasteiger partial charge in [-0.05, 0) is 44.0 Å². The molecule has 22 heavy (non-hydrogen) atoms. The second kappa shape index (κ2) is 6.56. The number of nitrogens with zero attached hydrogens (tertiary/aromatic N) is 3. The van der Waals surface area contributed by atoms with Crippen LogP contribution in [0.1, 0.15) is 41.9 Å². The summed E-state index contributed by atoms with van der Waals surface area (Å²) in [5, 5.41) is 0. The molecule has 1 atom stereocenters. The van der Waals surface area contributed by atoms with Crippen LogP contribution < -0.4 is 4.74 Å². The smallest absolute Gasteiger partial charge is 0.259 e. The number of carbonyl (C=O) groups is 1. The Morgan fingerprint density at radius 2 is 2.14 bits per heavy atom. The number of carbonyl (C=O) groups excluding carboxylic acids is 1. The zero-order chi connectivity index (χ0) is 15.4. The number of amides is 1. The van der Waals surface area contributed by atoms with E-state index in [1.165, 1.54) is 0 Å². The first kappa shape index (κ1) is 14.5. The first-order chi connectivity index (χ1) is 10.8. The van der Waals surface area contributed by atoms with E-state index in [1.54, 1.807) is 24.5 Å². The third kappa shape index (κ3) is 2.79. The lowest BCUT2D eigenvalue weighted by molar-refractivity contribution is 0.0727. The number of rotatable bonds is 4. The number of hydrogen-bond donors (Lipinski definition) is 0. The fourth-order valence-corrected chi connectivity index (χ4v) is 2.85. The highest BCUT2D eigenvalue weighted by molar-refractivity contribution is 5.96. The Labute approximate surface area is 130 Å². The van der Waals surface area contributed by atoms with Crippen LogP contribution in [0.2, 0.25) is 0 Å². The zero-order valence-electron chi connectivity index (χ0n) is 12.6. The number of hydrogen-bond acceptors (Lipinski definition) is 4. The van der Waals surface area contributed by atoms with Gasteiger partial charge in [0.05, 0.1) is 18.3 Å². The lowest BCUT2D eigenvalue weighted by Crippen LogP contribution is -2.31. The van der Waals surface area contributed by atoms with E-state index in [0.717, 1.165) is 25.1 Å². The molecule has 1 aliphatic rings. The molecule has 3 rings (SSSR count). The van der Waals surface area contributed by atoms with E-state index in [4.69, 9.17) is 4.74 Å². The van der Waals surface area contributed by atoms with E-state index in [9.17, 15) is 4.79 Å². The third-order valence-corrected chi connectivity index (χ3v) is 3.83. The molecule has 5 heteroatoms. The van der Waals surface area contributed by atoms with Crippen molar-refractivity contribution < 1.29 is 9.53 Å². The van der Waals surface area contributed by atoms with Crippen molar-refractivity contribution in [1.29, 1.82) is 0 Å².